The minimum atomic E-state index is -0.748. The lowest BCUT2D eigenvalue weighted by molar-refractivity contribution is 0.100. The molecule has 1 aromatic carbocycles. The molecular weight excluding hydrogens is 235 g/mol. The van der Waals surface area contributed by atoms with E-state index in [0.29, 0.717) is 5.56 Å². The van der Waals surface area contributed by atoms with E-state index in [-0.39, 0.29) is 11.1 Å². The highest BCUT2D eigenvalue weighted by atomic mass is 19.1. The summed E-state index contributed by atoms with van der Waals surface area (Å²) in [6.45, 7) is 0. The summed E-state index contributed by atoms with van der Waals surface area (Å²) in [4.78, 5) is 17.7. The average Bonchev–Trinajstić information content (AvgIpc) is 2.40. The molecule has 0 N–H and O–H groups in total. The Balaban J connectivity index is 2.52. The zero-order valence-electron chi connectivity index (χ0n) is 9.12. The third kappa shape index (κ3) is 2.34. The predicted molar refractivity (Wildman–Crippen MR) is 63.1 cm³/mol. The van der Waals surface area contributed by atoms with E-state index in [0.717, 1.165) is 6.07 Å². The number of aromatic nitrogens is 1. The molecule has 0 fully saturated rings. The molecule has 1 heterocycles. The highest BCUT2D eigenvalue weighted by molar-refractivity contribution is 5.96. The summed E-state index contributed by atoms with van der Waals surface area (Å²) in [6.07, 6.45) is 3.05. The highest BCUT2D eigenvalue weighted by Crippen LogP contribution is 2.23. The van der Waals surface area contributed by atoms with Gasteiger partial charge in [0.1, 0.15) is 5.82 Å². The number of nitrogens with zero attached hydrogens (tertiary/aromatic N) is 4. The SMILES string of the molecule is [N-]=[N+]=NC(=O)c1ccc(F)c(-c2cccnc2)c1. The summed E-state index contributed by atoms with van der Waals surface area (Å²) in [7, 11) is 0. The van der Waals surface area contributed by atoms with E-state index in [4.69, 9.17) is 5.53 Å². The van der Waals surface area contributed by atoms with Gasteiger partial charge in [-0.15, -0.1) is 0 Å². The largest absolute Gasteiger partial charge is 0.287 e. The Morgan fingerprint density at radius 2 is 2.22 bits per heavy atom. The molecule has 6 heteroatoms. The van der Waals surface area contributed by atoms with Gasteiger partial charge in [0, 0.05) is 34.0 Å². The van der Waals surface area contributed by atoms with Crippen molar-refractivity contribution in [3.8, 4) is 11.1 Å². The first-order valence-electron chi connectivity index (χ1n) is 5.02. The summed E-state index contributed by atoms with van der Waals surface area (Å²) in [5.41, 5.74) is 9.11. The topological polar surface area (TPSA) is 78.7 Å². The summed E-state index contributed by atoms with van der Waals surface area (Å²) in [6, 6.07) is 7.10. The third-order valence-corrected chi connectivity index (χ3v) is 2.32. The number of azide groups is 1. The molecular formula is C12H7FN4O. The maximum atomic E-state index is 13.7. The lowest BCUT2D eigenvalue weighted by Crippen LogP contribution is -1.95. The molecule has 1 amide bonds. The Morgan fingerprint density at radius 3 is 2.89 bits per heavy atom. The Morgan fingerprint density at radius 1 is 1.39 bits per heavy atom. The van der Waals surface area contributed by atoms with E-state index in [9.17, 15) is 9.18 Å². The van der Waals surface area contributed by atoms with Gasteiger partial charge in [-0.3, -0.25) is 9.78 Å². The van der Waals surface area contributed by atoms with Crippen LogP contribution < -0.4 is 0 Å². The highest BCUT2D eigenvalue weighted by Gasteiger charge is 2.10. The fourth-order valence-electron chi connectivity index (χ4n) is 1.50. The van der Waals surface area contributed by atoms with E-state index < -0.39 is 11.7 Å². The van der Waals surface area contributed by atoms with Gasteiger partial charge in [0.15, 0.2) is 0 Å². The maximum absolute atomic E-state index is 13.7. The van der Waals surface area contributed by atoms with Crippen LogP contribution in [-0.4, -0.2) is 10.9 Å². The van der Waals surface area contributed by atoms with Crippen LogP contribution in [0.1, 0.15) is 10.4 Å². The molecule has 0 saturated carbocycles. The van der Waals surface area contributed by atoms with Crippen LogP contribution in [0.5, 0.6) is 0 Å². The molecule has 0 aliphatic rings. The molecule has 88 valence electrons. The minimum absolute atomic E-state index is 0.132. The molecule has 2 aromatic rings. The van der Waals surface area contributed by atoms with Crippen LogP contribution in [0.25, 0.3) is 21.6 Å². The monoisotopic (exact) mass is 242 g/mol. The van der Waals surface area contributed by atoms with Gasteiger partial charge in [-0.25, -0.2) is 4.39 Å². The van der Waals surface area contributed by atoms with Crippen molar-refractivity contribution in [3.05, 3.63) is 64.5 Å². The third-order valence-electron chi connectivity index (χ3n) is 2.32. The van der Waals surface area contributed by atoms with Crippen LogP contribution >= 0.6 is 0 Å². The molecule has 0 unspecified atom stereocenters. The van der Waals surface area contributed by atoms with E-state index in [1.54, 1.807) is 18.3 Å². The van der Waals surface area contributed by atoms with Crippen molar-refractivity contribution < 1.29 is 9.18 Å². The zero-order valence-corrected chi connectivity index (χ0v) is 9.12. The Labute approximate surface area is 102 Å². The number of benzene rings is 1. The van der Waals surface area contributed by atoms with Crippen LogP contribution in [-0.2, 0) is 0 Å². The first-order chi connectivity index (χ1) is 8.72. The van der Waals surface area contributed by atoms with Gasteiger partial charge in [0.05, 0.1) is 0 Å². The van der Waals surface area contributed by atoms with Crippen LogP contribution in [0.4, 0.5) is 4.39 Å². The normalized spacial score (nSPS) is 9.61. The van der Waals surface area contributed by atoms with Crippen LogP contribution in [0, 0.1) is 5.82 Å². The van der Waals surface area contributed by atoms with Crippen molar-refractivity contribution in [2.45, 2.75) is 0 Å². The number of halogens is 1. The molecule has 0 atom stereocenters. The van der Waals surface area contributed by atoms with Crippen LogP contribution in [0.3, 0.4) is 0 Å². The van der Waals surface area contributed by atoms with Crippen molar-refractivity contribution in [1.82, 2.24) is 4.98 Å². The second kappa shape index (κ2) is 5.07. The molecule has 18 heavy (non-hydrogen) atoms. The van der Waals surface area contributed by atoms with Crippen molar-refractivity contribution in [2.24, 2.45) is 5.11 Å². The second-order valence-electron chi connectivity index (χ2n) is 3.43. The number of hydrogen-bond donors (Lipinski definition) is 0. The number of rotatable bonds is 2. The lowest BCUT2D eigenvalue weighted by Gasteiger charge is -2.04. The van der Waals surface area contributed by atoms with E-state index in [1.807, 2.05) is 0 Å². The van der Waals surface area contributed by atoms with Crippen molar-refractivity contribution in [2.75, 3.05) is 0 Å². The summed E-state index contributed by atoms with van der Waals surface area (Å²) >= 11 is 0. The summed E-state index contributed by atoms with van der Waals surface area (Å²) < 4.78 is 13.7. The molecule has 0 radical (unpaired) electrons. The maximum Gasteiger partial charge on any atom is 0.249 e. The first kappa shape index (κ1) is 11.8. The van der Waals surface area contributed by atoms with Gasteiger partial charge >= 0.3 is 0 Å². The van der Waals surface area contributed by atoms with Gasteiger partial charge in [0.25, 0.3) is 0 Å². The quantitative estimate of drug-likeness (QED) is 0.460. The van der Waals surface area contributed by atoms with Crippen molar-refractivity contribution >= 4 is 5.91 Å². The lowest BCUT2D eigenvalue weighted by atomic mass is 10.0. The molecule has 0 bridgehead atoms. The van der Waals surface area contributed by atoms with Gasteiger partial charge in [-0.2, -0.15) is 0 Å². The molecule has 2 rings (SSSR count). The van der Waals surface area contributed by atoms with Crippen LogP contribution in [0.2, 0.25) is 0 Å². The second-order valence-corrected chi connectivity index (χ2v) is 3.43. The van der Waals surface area contributed by atoms with Gasteiger partial charge in [-0.05, 0) is 34.9 Å². The van der Waals surface area contributed by atoms with E-state index >= 15 is 0 Å². The fourth-order valence-corrected chi connectivity index (χ4v) is 1.50. The van der Waals surface area contributed by atoms with Gasteiger partial charge in [-0.1, -0.05) is 6.07 Å². The van der Waals surface area contributed by atoms with Crippen LogP contribution in [0.15, 0.2) is 47.8 Å². The van der Waals surface area contributed by atoms with E-state index in [2.05, 4.69) is 15.0 Å². The number of carbonyl (C=O) groups is 1. The molecule has 0 aliphatic carbocycles. The van der Waals surface area contributed by atoms with Crippen molar-refractivity contribution in [1.29, 1.82) is 0 Å². The number of pyridine rings is 1. The Kier molecular flexibility index (Phi) is 3.31. The average molecular weight is 242 g/mol. The summed E-state index contributed by atoms with van der Waals surface area (Å²) in [5.74, 6) is -1.22. The molecule has 0 saturated heterocycles. The molecule has 0 spiro atoms. The first-order valence-corrected chi connectivity index (χ1v) is 5.02. The molecule has 0 aliphatic heterocycles. The number of amides is 1. The van der Waals surface area contributed by atoms with Gasteiger partial charge < -0.3 is 0 Å². The number of hydrogen-bond acceptors (Lipinski definition) is 2. The summed E-state index contributed by atoms with van der Waals surface area (Å²) in [5, 5.41) is 2.96. The zero-order chi connectivity index (χ0) is 13.0. The minimum Gasteiger partial charge on any atom is -0.287 e. The van der Waals surface area contributed by atoms with Crippen molar-refractivity contribution in [3.63, 3.8) is 0 Å². The standard InChI is InChI=1S/C12H7FN4O/c13-11-4-3-8(12(18)16-17-14)6-10(11)9-2-1-5-15-7-9/h1-7H. The molecule has 1 aromatic heterocycles. The number of carbonyl (C=O) groups excluding carboxylic acids is 1. The van der Waals surface area contributed by atoms with Gasteiger partial charge in [0.2, 0.25) is 5.91 Å². The smallest absolute Gasteiger partial charge is 0.249 e. The Hall–Kier alpha value is -2.72. The molecule has 5 nitrogen and oxygen atoms in total. The fraction of sp³-hybridized carbons (Fsp3) is 0. The Bertz CT molecular complexity index is 636. The van der Waals surface area contributed by atoms with E-state index in [1.165, 1.54) is 18.3 Å². The predicted octanol–water partition coefficient (Wildman–Crippen LogP) is 3.34.